The van der Waals surface area contributed by atoms with Crippen LogP contribution in [0.5, 0.6) is 5.75 Å². The zero-order chi connectivity index (χ0) is 13.8. The number of rotatable bonds is 4. The van der Waals surface area contributed by atoms with Crippen LogP contribution < -0.4 is 4.74 Å². The molecule has 0 radical (unpaired) electrons. The molecule has 0 heterocycles. The Balaban J connectivity index is 2.07. The van der Waals surface area contributed by atoms with Crippen molar-refractivity contribution in [3.05, 3.63) is 64.7 Å². The highest BCUT2D eigenvalue weighted by molar-refractivity contribution is 5.37. The molecule has 2 nitrogen and oxygen atoms in total. The Morgan fingerprint density at radius 3 is 2.53 bits per heavy atom. The van der Waals surface area contributed by atoms with Crippen LogP contribution in [0.25, 0.3) is 0 Å². The highest BCUT2D eigenvalue weighted by Crippen LogP contribution is 2.23. The monoisotopic (exact) mass is 256 g/mol. The lowest BCUT2D eigenvalue weighted by atomic mass is 10.1. The summed E-state index contributed by atoms with van der Waals surface area (Å²) in [6.45, 7) is 6.40. The lowest BCUT2D eigenvalue weighted by Crippen LogP contribution is -1.99. The minimum Gasteiger partial charge on any atom is -0.489 e. The number of aliphatic hydroxyl groups excluding tert-OH is 1. The summed E-state index contributed by atoms with van der Waals surface area (Å²) < 4.78 is 5.83. The van der Waals surface area contributed by atoms with Gasteiger partial charge in [-0.2, -0.15) is 0 Å². The second-order valence-corrected chi connectivity index (χ2v) is 4.98. The third kappa shape index (κ3) is 3.58. The van der Waals surface area contributed by atoms with Gasteiger partial charge in [0, 0.05) is 0 Å². The van der Waals surface area contributed by atoms with Crippen LogP contribution >= 0.6 is 0 Å². The quantitative estimate of drug-likeness (QED) is 0.898. The molecule has 0 aliphatic heterocycles. The molecular formula is C17H20O2. The number of aliphatic hydroxyl groups is 1. The Bertz CT molecular complexity index is 559. The van der Waals surface area contributed by atoms with Gasteiger partial charge in [0.25, 0.3) is 0 Å². The molecule has 1 N–H and O–H groups in total. The zero-order valence-corrected chi connectivity index (χ0v) is 11.7. The molecule has 2 rings (SSSR count). The average molecular weight is 256 g/mol. The first-order valence-corrected chi connectivity index (χ1v) is 6.53. The van der Waals surface area contributed by atoms with Crippen LogP contribution in [0.15, 0.2) is 42.5 Å². The van der Waals surface area contributed by atoms with Gasteiger partial charge in [-0.3, -0.25) is 0 Å². The largest absolute Gasteiger partial charge is 0.489 e. The molecule has 0 amide bonds. The van der Waals surface area contributed by atoms with Crippen molar-refractivity contribution in [2.45, 2.75) is 33.5 Å². The number of aryl methyl sites for hydroxylation is 2. The van der Waals surface area contributed by atoms with Gasteiger partial charge in [-0.05, 0) is 49.6 Å². The van der Waals surface area contributed by atoms with Crippen LogP contribution in [-0.4, -0.2) is 5.11 Å². The van der Waals surface area contributed by atoms with Crippen molar-refractivity contribution in [2.24, 2.45) is 0 Å². The second-order valence-electron chi connectivity index (χ2n) is 4.98. The normalized spacial score (nSPS) is 12.2. The van der Waals surface area contributed by atoms with Crippen LogP contribution in [0.4, 0.5) is 0 Å². The van der Waals surface area contributed by atoms with Crippen LogP contribution in [0.2, 0.25) is 0 Å². The van der Waals surface area contributed by atoms with Gasteiger partial charge >= 0.3 is 0 Å². The van der Waals surface area contributed by atoms with E-state index >= 15 is 0 Å². The van der Waals surface area contributed by atoms with E-state index in [2.05, 4.69) is 25.1 Å². The van der Waals surface area contributed by atoms with Gasteiger partial charge < -0.3 is 9.84 Å². The fraction of sp³-hybridized carbons (Fsp3) is 0.294. The van der Waals surface area contributed by atoms with E-state index in [1.807, 2.05) is 31.2 Å². The van der Waals surface area contributed by atoms with Crippen LogP contribution in [0, 0.1) is 13.8 Å². The second kappa shape index (κ2) is 5.89. The Kier molecular flexibility index (Phi) is 4.23. The molecule has 0 saturated carbocycles. The molecule has 19 heavy (non-hydrogen) atoms. The smallest absolute Gasteiger partial charge is 0.122 e. The minimum atomic E-state index is -0.440. The van der Waals surface area contributed by atoms with Crippen molar-refractivity contribution in [1.82, 2.24) is 0 Å². The van der Waals surface area contributed by atoms with Crippen molar-refractivity contribution in [1.29, 1.82) is 0 Å². The first-order valence-electron chi connectivity index (χ1n) is 6.53. The maximum absolute atomic E-state index is 9.54. The molecule has 0 bridgehead atoms. The molecule has 2 aromatic carbocycles. The first kappa shape index (κ1) is 13.6. The van der Waals surface area contributed by atoms with Gasteiger partial charge in [-0.25, -0.2) is 0 Å². The van der Waals surface area contributed by atoms with Gasteiger partial charge in [0.1, 0.15) is 12.4 Å². The van der Waals surface area contributed by atoms with Crippen molar-refractivity contribution in [3.63, 3.8) is 0 Å². The highest BCUT2D eigenvalue weighted by Gasteiger charge is 2.05. The molecule has 0 aromatic heterocycles. The Morgan fingerprint density at radius 2 is 1.89 bits per heavy atom. The van der Waals surface area contributed by atoms with Crippen molar-refractivity contribution in [3.8, 4) is 5.75 Å². The predicted molar refractivity (Wildman–Crippen MR) is 77.3 cm³/mol. The van der Waals surface area contributed by atoms with E-state index in [-0.39, 0.29) is 0 Å². The van der Waals surface area contributed by atoms with E-state index in [0.29, 0.717) is 6.61 Å². The summed E-state index contributed by atoms with van der Waals surface area (Å²) in [6, 6.07) is 14.1. The molecule has 0 saturated heterocycles. The van der Waals surface area contributed by atoms with E-state index < -0.39 is 6.10 Å². The first-order chi connectivity index (χ1) is 9.06. The summed E-state index contributed by atoms with van der Waals surface area (Å²) in [5.41, 5.74) is 4.37. The molecule has 1 atom stereocenters. The number of benzene rings is 2. The lowest BCUT2D eigenvalue weighted by Gasteiger charge is -2.12. The molecule has 0 aliphatic rings. The summed E-state index contributed by atoms with van der Waals surface area (Å²) in [6.07, 6.45) is -0.440. The molecular weight excluding hydrogens is 236 g/mol. The minimum absolute atomic E-state index is 0.440. The fourth-order valence-corrected chi connectivity index (χ4v) is 2.06. The molecule has 2 heteroatoms. The Labute approximate surface area is 114 Å². The highest BCUT2D eigenvalue weighted by atomic mass is 16.5. The summed E-state index contributed by atoms with van der Waals surface area (Å²) >= 11 is 0. The van der Waals surface area contributed by atoms with Crippen molar-refractivity contribution >= 4 is 0 Å². The summed E-state index contributed by atoms with van der Waals surface area (Å²) in [7, 11) is 0. The van der Waals surface area contributed by atoms with E-state index in [1.54, 1.807) is 6.92 Å². The van der Waals surface area contributed by atoms with E-state index in [9.17, 15) is 5.11 Å². The van der Waals surface area contributed by atoms with Crippen LogP contribution in [0.1, 0.15) is 35.3 Å². The van der Waals surface area contributed by atoms with Gasteiger partial charge in [0.15, 0.2) is 0 Å². The number of ether oxygens (including phenoxy) is 1. The third-order valence-electron chi connectivity index (χ3n) is 3.16. The number of hydrogen-bond acceptors (Lipinski definition) is 2. The van der Waals surface area contributed by atoms with Crippen LogP contribution in [-0.2, 0) is 6.61 Å². The topological polar surface area (TPSA) is 29.5 Å². The van der Waals surface area contributed by atoms with Crippen molar-refractivity contribution < 1.29 is 9.84 Å². The average Bonchev–Trinajstić information content (AvgIpc) is 2.37. The maximum Gasteiger partial charge on any atom is 0.122 e. The maximum atomic E-state index is 9.54. The summed E-state index contributed by atoms with van der Waals surface area (Å²) in [4.78, 5) is 0. The molecule has 0 fully saturated rings. The fourth-order valence-electron chi connectivity index (χ4n) is 2.06. The van der Waals surface area contributed by atoms with E-state index in [0.717, 1.165) is 16.9 Å². The predicted octanol–water partition coefficient (Wildman–Crippen LogP) is 3.94. The molecule has 0 aliphatic carbocycles. The molecule has 0 spiro atoms. The Hall–Kier alpha value is -1.80. The van der Waals surface area contributed by atoms with Crippen molar-refractivity contribution in [2.75, 3.05) is 0 Å². The molecule has 100 valence electrons. The van der Waals surface area contributed by atoms with Gasteiger partial charge in [-0.1, -0.05) is 35.9 Å². The molecule has 0 unspecified atom stereocenters. The Morgan fingerprint density at radius 1 is 1.11 bits per heavy atom. The molecule has 2 aromatic rings. The van der Waals surface area contributed by atoms with Gasteiger partial charge in [0.2, 0.25) is 0 Å². The van der Waals surface area contributed by atoms with E-state index in [1.165, 1.54) is 11.1 Å². The van der Waals surface area contributed by atoms with Gasteiger partial charge in [-0.15, -0.1) is 0 Å². The zero-order valence-electron chi connectivity index (χ0n) is 11.7. The van der Waals surface area contributed by atoms with E-state index in [4.69, 9.17) is 4.74 Å². The standard InChI is InChI=1S/C17H20O2/c1-12-5-4-6-15(9-12)11-19-17-8-7-16(14(3)18)10-13(17)2/h4-10,14,18H,11H2,1-3H3/t14-/m1/s1. The SMILES string of the molecule is Cc1cccc(COc2ccc([C@@H](C)O)cc2C)c1. The number of hydrogen-bond donors (Lipinski definition) is 1. The lowest BCUT2D eigenvalue weighted by molar-refractivity contribution is 0.199. The van der Waals surface area contributed by atoms with Gasteiger partial charge in [0.05, 0.1) is 6.10 Å². The van der Waals surface area contributed by atoms with Crippen LogP contribution in [0.3, 0.4) is 0 Å². The third-order valence-corrected chi connectivity index (χ3v) is 3.16. The summed E-state index contributed by atoms with van der Waals surface area (Å²) in [5.74, 6) is 0.867. The summed E-state index contributed by atoms with van der Waals surface area (Å²) in [5, 5.41) is 9.54.